The minimum Gasteiger partial charge on any atom is -0.489 e. The maximum Gasteiger partial charge on any atom is 0.213 e. The van der Waals surface area contributed by atoms with Crippen LogP contribution in [0.25, 0.3) is 0 Å². The molecule has 1 aromatic rings. The Morgan fingerprint density at radius 2 is 1.96 bits per heavy atom. The molecule has 7 nitrogen and oxygen atoms in total. The zero-order chi connectivity index (χ0) is 20.6. The molecule has 1 saturated heterocycles. The highest BCUT2D eigenvalue weighted by Gasteiger charge is 2.27. The lowest BCUT2D eigenvalue weighted by Gasteiger charge is -2.32. The van der Waals surface area contributed by atoms with Crippen molar-refractivity contribution < 1.29 is 13.2 Å². The number of aryl methyl sites for hydroxylation is 1. The number of guanidine groups is 1. The first kappa shape index (κ1) is 22.5. The van der Waals surface area contributed by atoms with Crippen molar-refractivity contribution in [3.05, 3.63) is 29.8 Å². The van der Waals surface area contributed by atoms with Crippen LogP contribution in [0.1, 0.15) is 39.2 Å². The Balaban J connectivity index is 1.88. The second kappa shape index (κ2) is 10.7. The van der Waals surface area contributed by atoms with Gasteiger partial charge in [-0.25, -0.2) is 17.7 Å². The molecular weight excluding hydrogens is 376 g/mol. The number of ether oxygens (including phenoxy) is 1. The summed E-state index contributed by atoms with van der Waals surface area (Å²) < 4.78 is 31.6. The largest absolute Gasteiger partial charge is 0.489 e. The molecule has 1 fully saturated rings. The Bertz CT molecular complexity index is 744. The van der Waals surface area contributed by atoms with Gasteiger partial charge in [0.05, 0.1) is 12.3 Å². The average molecular weight is 411 g/mol. The van der Waals surface area contributed by atoms with Crippen molar-refractivity contribution in [3.8, 4) is 5.75 Å². The van der Waals surface area contributed by atoms with Crippen LogP contribution in [0.4, 0.5) is 0 Å². The van der Waals surface area contributed by atoms with E-state index in [0.717, 1.165) is 36.7 Å². The Morgan fingerprint density at radius 3 is 2.57 bits per heavy atom. The topological polar surface area (TPSA) is 83.0 Å². The summed E-state index contributed by atoms with van der Waals surface area (Å²) in [4.78, 5) is 4.65. The third-order valence-electron chi connectivity index (χ3n) is 4.83. The molecule has 2 N–H and O–H groups in total. The summed E-state index contributed by atoms with van der Waals surface area (Å²) in [5.74, 6) is 1.79. The molecule has 0 spiro atoms. The van der Waals surface area contributed by atoms with E-state index in [1.54, 1.807) is 11.2 Å². The molecule has 1 aromatic carbocycles. The number of piperidine rings is 1. The van der Waals surface area contributed by atoms with Gasteiger partial charge in [0.1, 0.15) is 11.9 Å². The first-order chi connectivity index (χ1) is 13.4. The molecule has 8 heteroatoms. The van der Waals surface area contributed by atoms with Crippen LogP contribution in [0.3, 0.4) is 0 Å². The number of para-hydroxylation sites is 1. The predicted octanol–water partition coefficient (Wildman–Crippen LogP) is 2.13. The van der Waals surface area contributed by atoms with E-state index < -0.39 is 10.0 Å². The van der Waals surface area contributed by atoms with Crippen LogP contribution in [0.5, 0.6) is 5.75 Å². The van der Waals surface area contributed by atoms with E-state index in [4.69, 9.17) is 4.74 Å². The zero-order valence-corrected chi connectivity index (χ0v) is 18.3. The van der Waals surface area contributed by atoms with Gasteiger partial charge in [-0.2, -0.15) is 0 Å². The van der Waals surface area contributed by atoms with Crippen LogP contribution in [0, 0.1) is 6.92 Å². The highest BCUT2D eigenvalue weighted by atomic mass is 32.2. The number of nitrogens with one attached hydrogen (secondary N) is 2. The maximum absolute atomic E-state index is 12.0. The SMILES string of the molecule is CCNC(=NCC(C)Oc1ccccc1C)NC1CCN(S(=O)(=O)CC)CC1. The summed E-state index contributed by atoms with van der Waals surface area (Å²) >= 11 is 0. The van der Waals surface area contributed by atoms with Crippen molar-refractivity contribution in [2.75, 3.05) is 31.9 Å². The molecule has 0 saturated carbocycles. The smallest absolute Gasteiger partial charge is 0.213 e. The summed E-state index contributed by atoms with van der Waals surface area (Å²) in [6, 6.07) is 8.18. The fourth-order valence-electron chi connectivity index (χ4n) is 3.14. The van der Waals surface area contributed by atoms with E-state index in [2.05, 4.69) is 15.6 Å². The fourth-order valence-corrected chi connectivity index (χ4v) is 4.27. The molecule has 0 radical (unpaired) electrons. The summed E-state index contributed by atoms with van der Waals surface area (Å²) in [7, 11) is -3.09. The molecule has 28 heavy (non-hydrogen) atoms. The van der Waals surface area contributed by atoms with Crippen LogP contribution in [-0.4, -0.2) is 62.8 Å². The van der Waals surface area contributed by atoms with E-state index in [1.165, 1.54) is 0 Å². The monoisotopic (exact) mass is 410 g/mol. The van der Waals surface area contributed by atoms with Crippen LogP contribution < -0.4 is 15.4 Å². The summed E-state index contributed by atoms with van der Waals surface area (Å²) in [6.07, 6.45) is 1.51. The van der Waals surface area contributed by atoms with Crippen molar-refractivity contribution in [1.82, 2.24) is 14.9 Å². The van der Waals surface area contributed by atoms with Gasteiger partial charge in [-0.05, 0) is 52.2 Å². The molecule has 158 valence electrons. The van der Waals surface area contributed by atoms with E-state index in [9.17, 15) is 8.42 Å². The number of benzene rings is 1. The number of hydrogen-bond acceptors (Lipinski definition) is 4. The maximum atomic E-state index is 12.0. The van der Waals surface area contributed by atoms with Gasteiger partial charge in [0, 0.05) is 25.7 Å². The van der Waals surface area contributed by atoms with Gasteiger partial charge < -0.3 is 15.4 Å². The van der Waals surface area contributed by atoms with Crippen LogP contribution in [-0.2, 0) is 10.0 Å². The molecule has 1 unspecified atom stereocenters. The van der Waals surface area contributed by atoms with Gasteiger partial charge in [-0.1, -0.05) is 18.2 Å². The Kier molecular flexibility index (Phi) is 8.57. The molecule has 0 bridgehead atoms. The normalized spacial score (nSPS) is 17.9. The summed E-state index contributed by atoms with van der Waals surface area (Å²) in [6.45, 7) is 10.2. The first-order valence-electron chi connectivity index (χ1n) is 10.1. The standard InChI is InChI=1S/C20H34N4O3S/c1-5-21-20(22-15-17(4)27-19-10-8-7-9-16(19)3)23-18-11-13-24(14-12-18)28(25,26)6-2/h7-10,17-18H,5-6,11-15H2,1-4H3,(H2,21,22,23). The quantitative estimate of drug-likeness (QED) is 0.507. The number of sulfonamides is 1. The molecule has 1 aliphatic rings. The first-order valence-corrected chi connectivity index (χ1v) is 11.7. The Labute approximate surface area is 169 Å². The van der Waals surface area contributed by atoms with Crippen molar-refractivity contribution in [1.29, 1.82) is 0 Å². The minimum atomic E-state index is -3.09. The van der Waals surface area contributed by atoms with E-state index in [-0.39, 0.29) is 17.9 Å². The Morgan fingerprint density at radius 1 is 1.29 bits per heavy atom. The summed E-state index contributed by atoms with van der Waals surface area (Å²) in [5.41, 5.74) is 1.11. The van der Waals surface area contributed by atoms with E-state index >= 15 is 0 Å². The molecule has 0 aromatic heterocycles. The molecule has 0 amide bonds. The molecule has 1 heterocycles. The van der Waals surface area contributed by atoms with Crippen LogP contribution in [0.15, 0.2) is 29.3 Å². The molecule has 0 aliphatic carbocycles. The lowest BCUT2D eigenvalue weighted by molar-refractivity contribution is 0.228. The fraction of sp³-hybridized carbons (Fsp3) is 0.650. The number of nitrogens with zero attached hydrogens (tertiary/aromatic N) is 2. The van der Waals surface area contributed by atoms with Crippen LogP contribution >= 0.6 is 0 Å². The van der Waals surface area contributed by atoms with Gasteiger partial charge in [0.25, 0.3) is 0 Å². The van der Waals surface area contributed by atoms with Gasteiger partial charge in [0.2, 0.25) is 10.0 Å². The van der Waals surface area contributed by atoms with Gasteiger partial charge in [-0.3, -0.25) is 0 Å². The van der Waals surface area contributed by atoms with Gasteiger partial charge >= 0.3 is 0 Å². The number of aliphatic imine (C=N–C) groups is 1. The van der Waals surface area contributed by atoms with E-state index in [1.807, 2.05) is 45.0 Å². The van der Waals surface area contributed by atoms with Crippen LogP contribution in [0.2, 0.25) is 0 Å². The molecule has 1 aliphatic heterocycles. The second-order valence-electron chi connectivity index (χ2n) is 7.13. The van der Waals surface area contributed by atoms with E-state index in [0.29, 0.717) is 19.6 Å². The third kappa shape index (κ3) is 6.67. The highest BCUT2D eigenvalue weighted by Crippen LogP contribution is 2.18. The zero-order valence-electron chi connectivity index (χ0n) is 17.4. The molecule has 2 rings (SSSR count). The minimum absolute atomic E-state index is 0.0481. The second-order valence-corrected chi connectivity index (χ2v) is 9.39. The van der Waals surface area contributed by atoms with Crippen molar-refractivity contribution in [3.63, 3.8) is 0 Å². The van der Waals surface area contributed by atoms with Gasteiger partial charge in [0.15, 0.2) is 5.96 Å². The summed E-state index contributed by atoms with van der Waals surface area (Å²) in [5, 5.41) is 6.70. The molecular formula is C20H34N4O3S. The lowest BCUT2D eigenvalue weighted by atomic mass is 10.1. The van der Waals surface area contributed by atoms with Crippen molar-refractivity contribution >= 4 is 16.0 Å². The van der Waals surface area contributed by atoms with Crippen molar-refractivity contribution in [2.45, 2.75) is 52.7 Å². The van der Waals surface area contributed by atoms with Gasteiger partial charge in [-0.15, -0.1) is 0 Å². The number of rotatable bonds is 8. The average Bonchev–Trinajstić information content (AvgIpc) is 2.68. The predicted molar refractivity (Wildman–Crippen MR) is 114 cm³/mol. The Hall–Kier alpha value is -1.80. The van der Waals surface area contributed by atoms with Crippen molar-refractivity contribution in [2.24, 2.45) is 4.99 Å². The third-order valence-corrected chi connectivity index (χ3v) is 6.71. The lowest BCUT2D eigenvalue weighted by Crippen LogP contribution is -2.50. The molecule has 1 atom stereocenters. The number of hydrogen-bond donors (Lipinski definition) is 2. The highest BCUT2D eigenvalue weighted by molar-refractivity contribution is 7.89.